The van der Waals surface area contributed by atoms with E-state index in [1.807, 2.05) is 0 Å². The van der Waals surface area contributed by atoms with Crippen molar-refractivity contribution in [2.24, 2.45) is 0 Å². The molecule has 1 aromatic carbocycles. The van der Waals surface area contributed by atoms with Gasteiger partial charge in [-0.2, -0.15) is 0 Å². The monoisotopic (exact) mass is 220 g/mol. The molecule has 0 atom stereocenters. The topological polar surface area (TPSA) is 35.5 Å². The number of ether oxygens (including phenoxy) is 2. The quantitative estimate of drug-likeness (QED) is 0.718. The molecule has 0 amide bonds. The Morgan fingerprint density at radius 1 is 1.27 bits per heavy atom. The molecule has 3 nitrogen and oxygen atoms in total. The zero-order valence-corrected chi connectivity index (χ0v) is 7.67. The van der Waals surface area contributed by atoms with Gasteiger partial charge in [-0.1, -0.05) is 12.1 Å². The largest absolute Gasteiger partial charge is 0.573 e. The summed E-state index contributed by atoms with van der Waals surface area (Å²) in [6.07, 6.45) is -4.83. The number of benzene rings is 1. The van der Waals surface area contributed by atoms with Crippen LogP contribution in [0.25, 0.3) is 0 Å². The highest BCUT2D eigenvalue weighted by molar-refractivity contribution is 5.92. The van der Waals surface area contributed by atoms with Crippen LogP contribution in [0, 0.1) is 0 Å². The fraction of sp³-hybridized carbons (Fsp3) is 0.222. The van der Waals surface area contributed by atoms with Crippen molar-refractivity contribution in [2.45, 2.75) is 6.36 Å². The maximum atomic E-state index is 11.9. The van der Waals surface area contributed by atoms with Crippen molar-refractivity contribution >= 4 is 5.97 Å². The molecule has 15 heavy (non-hydrogen) atoms. The number of carbonyl (C=O) groups excluding carboxylic acids is 1. The van der Waals surface area contributed by atoms with Crippen LogP contribution in [0.4, 0.5) is 13.2 Å². The van der Waals surface area contributed by atoms with Gasteiger partial charge in [0.1, 0.15) is 11.3 Å². The number of rotatable bonds is 2. The first-order chi connectivity index (χ1) is 6.94. The third-order valence-electron chi connectivity index (χ3n) is 1.52. The number of carbonyl (C=O) groups is 1. The highest BCUT2D eigenvalue weighted by Crippen LogP contribution is 2.26. The lowest BCUT2D eigenvalue weighted by Gasteiger charge is -2.11. The molecule has 0 aliphatic heterocycles. The van der Waals surface area contributed by atoms with Gasteiger partial charge < -0.3 is 9.47 Å². The SMILES string of the molecule is COC(=O)c1ccccc1OC(F)(F)F. The molecule has 0 unspecified atom stereocenters. The van der Waals surface area contributed by atoms with Crippen molar-refractivity contribution < 1.29 is 27.4 Å². The maximum absolute atomic E-state index is 11.9. The van der Waals surface area contributed by atoms with Gasteiger partial charge >= 0.3 is 12.3 Å². The van der Waals surface area contributed by atoms with Crippen molar-refractivity contribution in [1.82, 2.24) is 0 Å². The minimum atomic E-state index is -4.83. The zero-order valence-electron chi connectivity index (χ0n) is 7.67. The summed E-state index contributed by atoms with van der Waals surface area (Å²) < 4.78 is 43.7. The number of alkyl halides is 3. The molecule has 0 spiro atoms. The number of esters is 1. The standard InChI is InChI=1S/C9H7F3O3/c1-14-8(13)6-4-2-3-5-7(6)15-9(10,11)12/h2-5H,1H3. The average Bonchev–Trinajstić information content (AvgIpc) is 2.15. The first kappa shape index (κ1) is 11.4. The Kier molecular flexibility index (Phi) is 3.18. The van der Waals surface area contributed by atoms with E-state index in [1.165, 1.54) is 18.2 Å². The molecule has 0 N–H and O–H groups in total. The first-order valence-electron chi connectivity index (χ1n) is 3.87. The summed E-state index contributed by atoms with van der Waals surface area (Å²) in [7, 11) is 1.08. The third kappa shape index (κ3) is 3.16. The van der Waals surface area contributed by atoms with Crippen LogP contribution in [0.3, 0.4) is 0 Å². The van der Waals surface area contributed by atoms with Gasteiger partial charge in [0.05, 0.1) is 7.11 Å². The van der Waals surface area contributed by atoms with Crippen LogP contribution in [0.5, 0.6) is 5.75 Å². The summed E-state index contributed by atoms with van der Waals surface area (Å²) in [5, 5.41) is 0. The molecule has 0 aromatic heterocycles. The Labute approximate surface area is 83.4 Å². The lowest BCUT2D eigenvalue weighted by molar-refractivity contribution is -0.274. The smallest absolute Gasteiger partial charge is 0.465 e. The molecule has 0 bridgehead atoms. The Morgan fingerprint density at radius 2 is 1.87 bits per heavy atom. The van der Waals surface area contributed by atoms with Crippen LogP contribution in [0.15, 0.2) is 24.3 Å². The highest BCUT2D eigenvalue weighted by atomic mass is 19.4. The fourth-order valence-electron chi connectivity index (χ4n) is 0.959. The molecule has 0 fully saturated rings. The summed E-state index contributed by atoms with van der Waals surface area (Å²) in [5.74, 6) is -1.45. The van der Waals surface area contributed by atoms with E-state index in [1.54, 1.807) is 0 Å². The molecule has 82 valence electrons. The van der Waals surface area contributed by atoms with Gasteiger partial charge in [-0.25, -0.2) is 4.79 Å². The normalized spacial score (nSPS) is 10.9. The minimum Gasteiger partial charge on any atom is -0.465 e. The van der Waals surface area contributed by atoms with E-state index in [4.69, 9.17) is 0 Å². The summed E-state index contributed by atoms with van der Waals surface area (Å²) in [4.78, 5) is 11.1. The van der Waals surface area contributed by atoms with E-state index in [0.29, 0.717) is 0 Å². The molecular weight excluding hydrogens is 213 g/mol. The van der Waals surface area contributed by atoms with Gasteiger partial charge in [-0.05, 0) is 12.1 Å². The Hall–Kier alpha value is -1.72. The summed E-state index contributed by atoms with van der Waals surface area (Å²) in [6.45, 7) is 0. The van der Waals surface area contributed by atoms with E-state index in [2.05, 4.69) is 9.47 Å². The second-order valence-electron chi connectivity index (χ2n) is 2.54. The van der Waals surface area contributed by atoms with E-state index < -0.39 is 18.1 Å². The third-order valence-corrected chi connectivity index (χ3v) is 1.52. The first-order valence-corrected chi connectivity index (χ1v) is 3.87. The van der Waals surface area contributed by atoms with Crippen molar-refractivity contribution in [3.63, 3.8) is 0 Å². The molecule has 0 saturated heterocycles. The van der Waals surface area contributed by atoms with Gasteiger partial charge in [-0.3, -0.25) is 0 Å². The second-order valence-corrected chi connectivity index (χ2v) is 2.54. The van der Waals surface area contributed by atoms with Crippen molar-refractivity contribution in [1.29, 1.82) is 0 Å². The number of hydrogen-bond donors (Lipinski definition) is 0. The van der Waals surface area contributed by atoms with Crippen LogP contribution in [-0.4, -0.2) is 19.4 Å². The van der Waals surface area contributed by atoms with Gasteiger partial charge in [0.25, 0.3) is 0 Å². The van der Waals surface area contributed by atoms with Crippen molar-refractivity contribution in [3.8, 4) is 5.75 Å². The molecule has 0 aliphatic carbocycles. The van der Waals surface area contributed by atoms with Crippen molar-refractivity contribution in [2.75, 3.05) is 7.11 Å². The highest BCUT2D eigenvalue weighted by Gasteiger charge is 2.32. The van der Waals surface area contributed by atoms with Gasteiger partial charge in [0, 0.05) is 0 Å². The zero-order chi connectivity index (χ0) is 11.5. The summed E-state index contributed by atoms with van der Waals surface area (Å²) >= 11 is 0. The van der Waals surface area contributed by atoms with Crippen LogP contribution in [0.1, 0.15) is 10.4 Å². The minimum absolute atomic E-state index is 0.266. The molecule has 0 aliphatic rings. The van der Waals surface area contributed by atoms with Crippen molar-refractivity contribution in [3.05, 3.63) is 29.8 Å². The Bertz CT molecular complexity index is 360. The maximum Gasteiger partial charge on any atom is 0.573 e. The predicted octanol–water partition coefficient (Wildman–Crippen LogP) is 2.37. The molecule has 6 heteroatoms. The van der Waals surface area contributed by atoms with E-state index in [-0.39, 0.29) is 5.56 Å². The van der Waals surface area contributed by atoms with E-state index in [0.717, 1.165) is 13.2 Å². The lowest BCUT2D eigenvalue weighted by Crippen LogP contribution is -2.19. The fourth-order valence-corrected chi connectivity index (χ4v) is 0.959. The van der Waals surface area contributed by atoms with Crippen LogP contribution < -0.4 is 4.74 Å². The van der Waals surface area contributed by atoms with E-state index >= 15 is 0 Å². The van der Waals surface area contributed by atoms with Crippen LogP contribution in [-0.2, 0) is 4.74 Å². The van der Waals surface area contributed by atoms with Gasteiger partial charge in [0.15, 0.2) is 0 Å². The molecule has 0 heterocycles. The Balaban J connectivity index is 3.02. The van der Waals surface area contributed by atoms with Gasteiger partial charge in [0.2, 0.25) is 0 Å². The molecule has 0 radical (unpaired) electrons. The van der Waals surface area contributed by atoms with Crippen LogP contribution >= 0.6 is 0 Å². The van der Waals surface area contributed by atoms with Crippen LogP contribution in [0.2, 0.25) is 0 Å². The van der Waals surface area contributed by atoms with E-state index in [9.17, 15) is 18.0 Å². The molecule has 1 rings (SSSR count). The Morgan fingerprint density at radius 3 is 2.40 bits per heavy atom. The number of hydrogen-bond acceptors (Lipinski definition) is 3. The lowest BCUT2D eigenvalue weighted by atomic mass is 10.2. The second kappa shape index (κ2) is 4.20. The molecule has 0 saturated carbocycles. The molecular formula is C9H7F3O3. The average molecular weight is 220 g/mol. The number of para-hydroxylation sites is 1. The number of methoxy groups -OCH3 is 1. The molecule has 1 aromatic rings. The summed E-state index contributed by atoms with van der Waals surface area (Å²) in [6, 6.07) is 4.97. The van der Waals surface area contributed by atoms with Gasteiger partial charge in [-0.15, -0.1) is 13.2 Å². The number of halogens is 3. The predicted molar refractivity (Wildman–Crippen MR) is 44.5 cm³/mol. The summed E-state index contributed by atoms with van der Waals surface area (Å²) in [5.41, 5.74) is -0.266.